The number of hydrogen-bond acceptors (Lipinski definition) is 8. The largest absolute Gasteiger partial charge is 0.494 e. The van der Waals surface area contributed by atoms with Gasteiger partial charge < -0.3 is 14.5 Å². The number of nitrogens with one attached hydrogen (secondary N) is 1. The summed E-state index contributed by atoms with van der Waals surface area (Å²) in [6.45, 7) is 2.45. The molecule has 0 aliphatic carbocycles. The molecule has 2 aromatic carbocycles. The highest BCUT2D eigenvalue weighted by Crippen LogP contribution is 2.36. The number of benzene rings is 2. The van der Waals surface area contributed by atoms with E-state index in [9.17, 15) is 13.2 Å². The number of rotatable bonds is 9. The molecule has 4 aromatic rings. The van der Waals surface area contributed by atoms with Crippen molar-refractivity contribution in [3.63, 3.8) is 0 Å². The maximum atomic E-state index is 13.2. The first kappa shape index (κ1) is 23.1. The number of oxazole rings is 1. The van der Waals surface area contributed by atoms with E-state index in [1.807, 2.05) is 18.4 Å². The van der Waals surface area contributed by atoms with E-state index >= 15 is 0 Å². The van der Waals surface area contributed by atoms with Crippen LogP contribution in [-0.2, 0) is 14.6 Å². The van der Waals surface area contributed by atoms with E-state index in [0.717, 1.165) is 11.8 Å². The monoisotopic (exact) mass is 500 g/mol. The Bertz CT molecular complexity index is 1320. The van der Waals surface area contributed by atoms with E-state index in [1.54, 1.807) is 48.5 Å². The van der Waals surface area contributed by atoms with E-state index in [0.29, 0.717) is 22.9 Å². The molecule has 170 valence electrons. The van der Waals surface area contributed by atoms with E-state index in [4.69, 9.17) is 9.15 Å². The normalized spacial score (nSPS) is 11.3. The third kappa shape index (κ3) is 5.47. The molecule has 0 atom stereocenters. The molecule has 0 bridgehead atoms. The second-order valence-corrected chi connectivity index (χ2v) is 10.5. The van der Waals surface area contributed by atoms with Crippen LogP contribution in [0.15, 0.2) is 91.5 Å². The van der Waals surface area contributed by atoms with Gasteiger partial charge >= 0.3 is 0 Å². The molecular weight excluding hydrogens is 480 g/mol. The van der Waals surface area contributed by atoms with Crippen LogP contribution in [-0.4, -0.2) is 31.7 Å². The number of thioether (sulfide) groups is 1. The van der Waals surface area contributed by atoms with Crippen molar-refractivity contribution in [1.82, 2.24) is 4.98 Å². The van der Waals surface area contributed by atoms with Crippen LogP contribution in [0.25, 0.3) is 10.8 Å². The van der Waals surface area contributed by atoms with Gasteiger partial charge in [-0.25, -0.2) is 8.42 Å². The quantitative estimate of drug-likeness (QED) is 0.309. The lowest BCUT2D eigenvalue weighted by Crippen LogP contribution is -2.14. The van der Waals surface area contributed by atoms with Gasteiger partial charge in [0, 0.05) is 5.69 Å². The molecule has 0 radical (unpaired) electrons. The number of sulfone groups is 1. The maximum absolute atomic E-state index is 13.2. The van der Waals surface area contributed by atoms with Gasteiger partial charge in [-0.1, -0.05) is 36.0 Å². The standard InChI is InChI=1S/C23H20N2O5S3/c1-2-29-17-12-10-16(11-13-17)24-20(26)15-32-23-22(25-21(30-23)19-9-6-14-31-19)33(27,28)18-7-4-3-5-8-18/h3-14H,2,15H2,1H3,(H,24,26). The lowest BCUT2D eigenvalue weighted by molar-refractivity contribution is -0.113. The zero-order chi connectivity index (χ0) is 23.3. The SMILES string of the molecule is CCOc1ccc(NC(=O)CSc2oc(-c3cccs3)nc2S(=O)(=O)c2ccccc2)cc1. The van der Waals surface area contributed by atoms with Gasteiger partial charge in [0.1, 0.15) is 5.75 Å². The summed E-state index contributed by atoms with van der Waals surface area (Å²) in [7, 11) is -3.92. The Morgan fingerprint density at radius 3 is 2.52 bits per heavy atom. The molecule has 4 rings (SSSR count). The van der Waals surface area contributed by atoms with E-state index in [2.05, 4.69) is 10.3 Å². The molecule has 2 aromatic heterocycles. The molecule has 2 heterocycles. The Morgan fingerprint density at radius 1 is 1.09 bits per heavy atom. The second kappa shape index (κ2) is 10.2. The summed E-state index contributed by atoms with van der Waals surface area (Å²) in [6, 6.07) is 18.7. The molecule has 0 saturated carbocycles. The molecule has 1 amide bonds. The van der Waals surface area contributed by atoms with Crippen molar-refractivity contribution in [3.8, 4) is 16.5 Å². The van der Waals surface area contributed by atoms with E-state index < -0.39 is 9.84 Å². The highest BCUT2D eigenvalue weighted by atomic mass is 32.2. The Hall–Kier alpha value is -3.08. The maximum Gasteiger partial charge on any atom is 0.238 e. The van der Waals surface area contributed by atoms with E-state index in [-0.39, 0.29) is 32.6 Å². The zero-order valence-corrected chi connectivity index (χ0v) is 20.0. The van der Waals surface area contributed by atoms with Gasteiger partial charge in [-0.2, -0.15) is 4.98 Å². The molecule has 0 fully saturated rings. The van der Waals surface area contributed by atoms with Gasteiger partial charge in [0.25, 0.3) is 0 Å². The van der Waals surface area contributed by atoms with Crippen molar-refractivity contribution in [3.05, 3.63) is 72.1 Å². The minimum atomic E-state index is -3.92. The molecule has 1 N–H and O–H groups in total. The topological polar surface area (TPSA) is 98.5 Å². The summed E-state index contributed by atoms with van der Waals surface area (Å²) in [5, 5.41) is 4.51. The highest BCUT2D eigenvalue weighted by molar-refractivity contribution is 8.00. The molecule has 0 saturated heterocycles. The number of nitrogens with zero attached hydrogens (tertiary/aromatic N) is 1. The van der Waals surface area contributed by atoms with Crippen molar-refractivity contribution < 1.29 is 22.4 Å². The first-order chi connectivity index (χ1) is 16.0. The molecule has 7 nitrogen and oxygen atoms in total. The average molecular weight is 501 g/mol. The van der Waals surface area contributed by atoms with Crippen LogP contribution in [0.2, 0.25) is 0 Å². The lowest BCUT2D eigenvalue weighted by atomic mass is 10.3. The predicted molar refractivity (Wildman–Crippen MR) is 129 cm³/mol. The molecule has 0 aliphatic heterocycles. The fourth-order valence-electron chi connectivity index (χ4n) is 2.90. The first-order valence-corrected chi connectivity index (χ1v) is 13.3. The number of amides is 1. The highest BCUT2D eigenvalue weighted by Gasteiger charge is 2.29. The van der Waals surface area contributed by atoms with Crippen LogP contribution in [0.1, 0.15) is 6.92 Å². The van der Waals surface area contributed by atoms with Crippen LogP contribution in [0.4, 0.5) is 5.69 Å². The molecule has 0 spiro atoms. The summed E-state index contributed by atoms with van der Waals surface area (Å²) in [5.74, 6) is 0.558. The van der Waals surface area contributed by atoms with Gasteiger partial charge in [-0.15, -0.1) is 11.3 Å². The number of hydrogen-bond donors (Lipinski definition) is 1. The minimum Gasteiger partial charge on any atom is -0.494 e. The summed E-state index contributed by atoms with van der Waals surface area (Å²) in [4.78, 5) is 17.6. The van der Waals surface area contributed by atoms with E-state index in [1.165, 1.54) is 23.5 Å². The molecule has 0 aliphatic rings. The first-order valence-electron chi connectivity index (χ1n) is 9.97. The molecule has 33 heavy (non-hydrogen) atoms. The third-order valence-corrected chi connectivity index (χ3v) is 8.00. The predicted octanol–water partition coefficient (Wildman–Crippen LogP) is 5.37. The number of carbonyl (C=O) groups excluding carboxylic acids is 1. The number of carbonyl (C=O) groups is 1. The Labute approximate surface area is 199 Å². The van der Waals surface area contributed by atoms with Crippen LogP contribution < -0.4 is 10.1 Å². The molecular formula is C23H20N2O5S3. The molecule has 0 unspecified atom stereocenters. The van der Waals surface area contributed by atoms with Crippen LogP contribution >= 0.6 is 23.1 Å². The summed E-state index contributed by atoms with van der Waals surface area (Å²) >= 11 is 2.37. The number of aromatic nitrogens is 1. The Morgan fingerprint density at radius 2 is 1.85 bits per heavy atom. The second-order valence-electron chi connectivity index (χ2n) is 6.70. The van der Waals surface area contributed by atoms with Gasteiger partial charge in [0.15, 0.2) is 0 Å². The summed E-state index contributed by atoms with van der Waals surface area (Å²) < 4.78 is 37.6. The number of ether oxygens (including phenoxy) is 1. The van der Waals surface area contributed by atoms with Crippen LogP contribution in [0.5, 0.6) is 5.75 Å². The zero-order valence-electron chi connectivity index (χ0n) is 17.6. The van der Waals surface area contributed by atoms with Crippen molar-refractivity contribution in [2.75, 3.05) is 17.7 Å². The third-order valence-electron chi connectivity index (χ3n) is 4.39. The Kier molecular flexibility index (Phi) is 7.17. The van der Waals surface area contributed by atoms with Gasteiger partial charge in [0.05, 0.1) is 22.1 Å². The fourth-order valence-corrected chi connectivity index (χ4v) is 5.90. The van der Waals surface area contributed by atoms with Crippen molar-refractivity contribution in [2.24, 2.45) is 0 Å². The van der Waals surface area contributed by atoms with Gasteiger partial charge in [0.2, 0.25) is 31.8 Å². The van der Waals surface area contributed by atoms with Crippen LogP contribution in [0, 0.1) is 0 Å². The smallest absolute Gasteiger partial charge is 0.238 e. The summed E-state index contributed by atoms with van der Waals surface area (Å²) in [6.07, 6.45) is 0. The number of thiophene rings is 1. The molecule has 10 heteroatoms. The lowest BCUT2D eigenvalue weighted by Gasteiger charge is -2.07. The van der Waals surface area contributed by atoms with Crippen molar-refractivity contribution in [1.29, 1.82) is 0 Å². The fraction of sp³-hybridized carbons (Fsp3) is 0.130. The van der Waals surface area contributed by atoms with Crippen LogP contribution in [0.3, 0.4) is 0 Å². The average Bonchev–Trinajstić information content (AvgIpc) is 3.50. The van der Waals surface area contributed by atoms with Crippen molar-refractivity contribution >= 4 is 44.5 Å². The van der Waals surface area contributed by atoms with Gasteiger partial charge in [-0.3, -0.25) is 4.79 Å². The van der Waals surface area contributed by atoms with Crippen molar-refractivity contribution in [2.45, 2.75) is 21.9 Å². The van der Waals surface area contributed by atoms with Gasteiger partial charge in [-0.05, 0) is 54.8 Å². The summed E-state index contributed by atoms with van der Waals surface area (Å²) in [5.41, 5.74) is 0.609. The minimum absolute atomic E-state index is 0.0520. The Balaban J connectivity index is 1.54. The number of anilines is 1.